The van der Waals surface area contributed by atoms with E-state index in [4.69, 9.17) is 21.8 Å². The fourth-order valence-electron chi connectivity index (χ4n) is 0.855. The molecule has 0 aliphatic heterocycles. The lowest BCUT2D eigenvalue weighted by atomic mass is 10.1. The van der Waals surface area contributed by atoms with Gasteiger partial charge in [-0.05, 0) is 24.6 Å². The van der Waals surface area contributed by atoms with E-state index in [1.165, 1.54) is 12.1 Å². The lowest BCUT2D eigenvalue weighted by Gasteiger charge is -2.06. The van der Waals surface area contributed by atoms with E-state index < -0.39 is 6.10 Å². The van der Waals surface area contributed by atoms with Crippen LogP contribution in [0, 0.1) is 0 Å². The summed E-state index contributed by atoms with van der Waals surface area (Å²) < 4.78 is 0. The second kappa shape index (κ2) is 3.11. The number of hydrogen-bond donors (Lipinski definition) is 2. The Morgan fingerprint density at radius 3 is 2.55 bits per heavy atom. The van der Waals surface area contributed by atoms with Crippen LogP contribution in [-0.4, -0.2) is 10.2 Å². The predicted octanol–water partition coefficient (Wildman–Crippen LogP) is 2.10. The molecule has 0 radical (unpaired) electrons. The molecular weight excluding hydrogens is 164 g/mol. The molecule has 0 aliphatic carbocycles. The van der Waals surface area contributed by atoms with Gasteiger partial charge in [-0.3, -0.25) is 0 Å². The van der Waals surface area contributed by atoms with Crippen molar-refractivity contribution in [3.8, 4) is 5.75 Å². The molecule has 2 nitrogen and oxygen atoms in total. The molecule has 11 heavy (non-hydrogen) atoms. The van der Waals surface area contributed by atoms with Gasteiger partial charge in [0.2, 0.25) is 0 Å². The van der Waals surface area contributed by atoms with Gasteiger partial charge in [0, 0.05) is 0 Å². The van der Waals surface area contributed by atoms with E-state index in [1.54, 1.807) is 13.0 Å². The molecule has 0 unspecified atom stereocenters. The van der Waals surface area contributed by atoms with Gasteiger partial charge in [-0.1, -0.05) is 17.7 Å². The summed E-state index contributed by atoms with van der Waals surface area (Å²) in [4.78, 5) is 0. The fraction of sp³-hybridized carbons (Fsp3) is 0.250. The molecule has 2 N–H and O–H groups in total. The third kappa shape index (κ3) is 1.85. The van der Waals surface area contributed by atoms with Gasteiger partial charge >= 0.3 is 0 Å². The Balaban J connectivity index is 3.09. The summed E-state index contributed by atoms with van der Waals surface area (Å²) in [6.45, 7) is 1.62. The standard InChI is InChI=1S/C8H9ClO2/c1-5(10)7-3-2-6(11)4-8(7)9/h2-5,10-11H,1H3/t5-/m1/s1. The Morgan fingerprint density at radius 2 is 2.09 bits per heavy atom. The summed E-state index contributed by atoms with van der Waals surface area (Å²) in [5, 5.41) is 18.5. The summed E-state index contributed by atoms with van der Waals surface area (Å²) in [7, 11) is 0. The fourth-order valence-corrected chi connectivity index (χ4v) is 1.19. The van der Waals surface area contributed by atoms with Crippen LogP contribution in [0.5, 0.6) is 5.75 Å². The largest absolute Gasteiger partial charge is 0.508 e. The number of aliphatic hydroxyl groups excluding tert-OH is 1. The second-order valence-corrected chi connectivity index (χ2v) is 2.79. The molecule has 0 spiro atoms. The van der Waals surface area contributed by atoms with Gasteiger partial charge in [0.1, 0.15) is 5.75 Å². The van der Waals surface area contributed by atoms with Crippen LogP contribution in [0.3, 0.4) is 0 Å². The van der Waals surface area contributed by atoms with Gasteiger partial charge in [-0.15, -0.1) is 0 Å². The van der Waals surface area contributed by atoms with Crippen molar-refractivity contribution in [2.75, 3.05) is 0 Å². The molecule has 1 aromatic carbocycles. The minimum atomic E-state index is -0.594. The minimum absolute atomic E-state index is 0.111. The van der Waals surface area contributed by atoms with Crippen LogP contribution in [0.2, 0.25) is 5.02 Å². The summed E-state index contributed by atoms with van der Waals surface area (Å²) >= 11 is 5.70. The molecule has 0 saturated heterocycles. The Morgan fingerprint density at radius 1 is 1.45 bits per heavy atom. The third-order valence-electron chi connectivity index (χ3n) is 1.43. The second-order valence-electron chi connectivity index (χ2n) is 2.38. The summed E-state index contributed by atoms with van der Waals surface area (Å²) in [6.07, 6.45) is -0.594. The molecule has 0 fully saturated rings. The van der Waals surface area contributed by atoms with Crippen molar-refractivity contribution in [1.29, 1.82) is 0 Å². The smallest absolute Gasteiger partial charge is 0.117 e. The topological polar surface area (TPSA) is 40.5 Å². The van der Waals surface area contributed by atoms with Gasteiger partial charge in [-0.25, -0.2) is 0 Å². The molecule has 0 aromatic heterocycles. The highest BCUT2D eigenvalue weighted by Crippen LogP contribution is 2.25. The molecule has 1 aromatic rings. The van der Waals surface area contributed by atoms with Crippen LogP contribution in [0.1, 0.15) is 18.6 Å². The highest BCUT2D eigenvalue weighted by atomic mass is 35.5. The Hall–Kier alpha value is -0.730. The van der Waals surface area contributed by atoms with E-state index in [1.807, 2.05) is 0 Å². The zero-order valence-corrected chi connectivity index (χ0v) is 6.84. The number of benzene rings is 1. The first-order valence-corrected chi connectivity index (χ1v) is 3.65. The predicted molar refractivity (Wildman–Crippen MR) is 43.8 cm³/mol. The average Bonchev–Trinajstić information content (AvgIpc) is 1.85. The van der Waals surface area contributed by atoms with Crippen molar-refractivity contribution in [2.24, 2.45) is 0 Å². The average molecular weight is 173 g/mol. The van der Waals surface area contributed by atoms with Gasteiger partial charge in [-0.2, -0.15) is 0 Å². The van der Waals surface area contributed by atoms with Crippen LogP contribution in [0.15, 0.2) is 18.2 Å². The van der Waals surface area contributed by atoms with Crippen LogP contribution >= 0.6 is 11.6 Å². The number of aliphatic hydroxyl groups is 1. The molecule has 0 saturated carbocycles. The SMILES string of the molecule is C[C@@H](O)c1ccc(O)cc1Cl. The number of hydrogen-bond acceptors (Lipinski definition) is 2. The van der Waals surface area contributed by atoms with Crippen LogP contribution in [-0.2, 0) is 0 Å². The van der Waals surface area contributed by atoms with Gasteiger partial charge in [0.15, 0.2) is 0 Å². The summed E-state index contributed by atoms with van der Waals surface area (Å²) in [5.41, 5.74) is 0.629. The molecule has 1 atom stereocenters. The van der Waals surface area contributed by atoms with Crippen molar-refractivity contribution in [3.63, 3.8) is 0 Å². The van der Waals surface area contributed by atoms with Gasteiger partial charge in [0.25, 0.3) is 0 Å². The minimum Gasteiger partial charge on any atom is -0.508 e. The highest BCUT2D eigenvalue weighted by Gasteiger charge is 2.05. The van der Waals surface area contributed by atoms with E-state index in [0.29, 0.717) is 10.6 Å². The summed E-state index contributed by atoms with van der Waals surface area (Å²) in [5.74, 6) is 0.111. The maximum Gasteiger partial charge on any atom is 0.117 e. The van der Waals surface area contributed by atoms with Gasteiger partial charge in [0.05, 0.1) is 11.1 Å². The van der Waals surface area contributed by atoms with Crippen LogP contribution in [0.25, 0.3) is 0 Å². The maximum absolute atomic E-state index is 9.13. The molecule has 1 rings (SSSR count). The van der Waals surface area contributed by atoms with Crippen molar-refractivity contribution in [2.45, 2.75) is 13.0 Å². The first kappa shape index (κ1) is 8.37. The van der Waals surface area contributed by atoms with E-state index in [2.05, 4.69) is 0 Å². The maximum atomic E-state index is 9.13. The Bertz CT molecular complexity index is 258. The lowest BCUT2D eigenvalue weighted by molar-refractivity contribution is 0.199. The van der Waals surface area contributed by atoms with Crippen LogP contribution in [0.4, 0.5) is 0 Å². The van der Waals surface area contributed by atoms with Crippen LogP contribution < -0.4 is 0 Å². The zero-order chi connectivity index (χ0) is 8.43. The van der Waals surface area contributed by atoms with Crippen molar-refractivity contribution < 1.29 is 10.2 Å². The number of phenolic OH excluding ortho intramolecular Hbond substituents is 1. The first-order valence-electron chi connectivity index (χ1n) is 3.27. The monoisotopic (exact) mass is 172 g/mol. The van der Waals surface area contributed by atoms with Gasteiger partial charge < -0.3 is 10.2 Å². The molecule has 0 heterocycles. The molecule has 3 heteroatoms. The normalized spacial score (nSPS) is 13.0. The molecular formula is C8H9ClO2. The van der Waals surface area contributed by atoms with E-state index >= 15 is 0 Å². The molecule has 60 valence electrons. The number of rotatable bonds is 1. The highest BCUT2D eigenvalue weighted by molar-refractivity contribution is 6.31. The van der Waals surface area contributed by atoms with E-state index in [9.17, 15) is 0 Å². The molecule has 0 amide bonds. The number of phenols is 1. The summed E-state index contributed by atoms with van der Waals surface area (Å²) in [6, 6.07) is 4.50. The van der Waals surface area contributed by atoms with Crippen molar-refractivity contribution in [3.05, 3.63) is 28.8 Å². The third-order valence-corrected chi connectivity index (χ3v) is 1.76. The van der Waals surface area contributed by atoms with Crippen molar-refractivity contribution in [1.82, 2.24) is 0 Å². The zero-order valence-electron chi connectivity index (χ0n) is 6.08. The Labute approximate surface area is 70.1 Å². The molecule has 0 bridgehead atoms. The number of halogens is 1. The lowest BCUT2D eigenvalue weighted by Crippen LogP contribution is -1.90. The van der Waals surface area contributed by atoms with E-state index in [0.717, 1.165) is 0 Å². The van der Waals surface area contributed by atoms with Crippen molar-refractivity contribution >= 4 is 11.6 Å². The Kier molecular flexibility index (Phi) is 2.37. The number of aromatic hydroxyl groups is 1. The quantitative estimate of drug-likeness (QED) is 0.681. The molecule has 0 aliphatic rings. The van der Waals surface area contributed by atoms with E-state index in [-0.39, 0.29) is 5.75 Å². The first-order chi connectivity index (χ1) is 5.11.